The molecular weight excluding hydrogens is 784 g/mol. The predicted octanol–water partition coefficient (Wildman–Crippen LogP) is 0.853. The lowest BCUT2D eigenvalue weighted by molar-refractivity contribution is -0.380. The molecule has 8 fully saturated rings. The fourth-order valence-corrected chi connectivity index (χ4v) is 13.8. The van der Waals surface area contributed by atoms with Gasteiger partial charge in [0, 0.05) is 12.3 Å². The van der Waals surface area contributed by atoms with Crippen LogP contribution in [0.1, 0.15) is 92.4 Å². The van der Waals surface area contributed by atoms with Gasteiger partial charge in [0.15, 0.2) is 24.7 Å². The zero-order valence-corrected chi connectivity index (χ0v) is 35.6. The lowest BCUT2D eigenvalue weighted by atomic mass is 9.47. The van der Waals surface area contributed by atoms with Crippen LogP contribution < -0.4 is 0 Å². The number of rotatable bonds is 8. The number of hydrogen-bond donors (Lipinski definition) is 8. The lowest BCUT2D eigenvalue weighted by Gasteiger charge is -2.58. The summed E-state index contributed by atoms with van der Waals surface area (Å²) in [7, 11) is 0. The highest BCUT2D eigenvalue weighted by Gasteiger charge is 2.69. The van der Waals surface area contributed by atoms with Crippen molar-refractivity contribution in [1.29, 1.82) is 0 Å². The minimum absolute atomic E-state index is 0.0141. The van der Waals surface area contributed by atoms with Gasteiger partial charge in [-0.05, 0) is 98.7 Å². The molecule has 25 atom stereocenters. The summed E-state index contributed by atoms with van der Waals surface area (Å²) in [4.78, 5) is 0. The standard InChI is InChI=1S/C44H70O16/c1-19-8-13-44(53-18-19)20(2)30-27(60-44)15-26-24-7-6-22-14-23(9-11-42(22,4)25(24)10-12-43(26,30)5)55-41-38(59-39-35(51)33(49)31(47)21(3)54-39)36(52)37(29(17-46)57-41)58-40-34(50)32(48)28(16-45)56-40/h6,19-21,23-41,45-52H,7-18H2,1-5H3/t19?,20-,21?,23-,24?,25?,26?,27?,28+,29?,30?,31-,32-,33+,34?,35?,36-,37-,38?,39-,40-,41+,42-,43-,44?/m0/s1. The highest BCUT2D eigenvalue weighted by molar-refractivity contribution is 5.26. The van der Waals surface area contributed by atoms with Crippen LogP contribution in [0.5, 0.6) is 0 Å². The van der Waals surface area contributed by atoms with E-state index in [4.69, 9.17) is 37.9 Å². The molecule has 8 N–H and O–H groups in total. The number of allylic oxidation sites excluding steroid dienone is 1. The van der Waals surface area contributed by atoms with Gasteiger partial charge in [0.05, 0.1) is 38.1 Å². The topological polar surface area (TPSA) is 236 Å². The van der Waals surface area contributed by atoms with Crippen molar-refractivity contribution < 1.29 is 78.7 Å². The summed E-state index contributed by atoms with van der Waals surface area (Å²) in [5, 5.41) is 84.8. The third-order valence-electron chi connectivity index (χ3n) is 17.3. The minimum Gasteiger partial charge on any atom is -0.394 e. The van der Waals surface area contributed by atoms with E-state index in [1.165, 1.54) is 18.9 Å². The zero-order chi connectivity index (χ0) is 42.6. The molecule has 1 spiro atoms. The zero-order valence-electron chi connectivity index (χ0n) is 35.6. The molecule has 0 aromatic carbocycles. The Bertz CT molecular complexity index is 1560. The van der Waals surface area contributed by atoms with Crippen LogP contribution in [0.3, 0.4) is 0 Å². The van der Waals surface area contributed by atoms with Crippen LogP contribution in [-0.4, -0.2) is 165 Å². The molecule has 16 heteroatoms. The fourth-order valence-electron chi connectivity index (χ4n) is 13.8. The Morgan fingerprint density at radius 3 is 2.10 bits per heavy atom. The van der Waals surface area contributed by atoms with E-state index < -0.39 is 105 Å². The van der Waals surface area contributed by atoms with Crippen LogP contribution in [-0.2, 0) is 37.9 Å². The molecule has 16 nitrogen and oxygen atoms in total. The van der Waals surface area contributed by atoms with E-state index >= 15 is 0 Å². The average molecular weight is 855 g/mol. The summed E-state index contributed by atoms with van der Waals surface area (Å²) in [6.45, 7) is 10.7. The normalized spacial score (nSPS) is 57.7. The van der Waals surface area contributed by atoms with Crippen molar-refractivity contribution in [1.82, 2.24) is 0 Å². The van der Waals surface area contributed by atoms with E-state index in [0.717, 1.165) is 45.1 Å². The van der Waals surface area contributed by atoms with E-state index in [1.54, 1.807) is 0 Å². The molecule has 5 saturated heterocycles. The fraction of sp³-hybridized carbons (Fsp3) is 0.955. The Kier molecular flexibility index (Phi) is 12.2. The van der Waals surface area contributed by atoms with E-state index in [2.05, 4.69) is 33.8 Å². The molecule has 3 saturated carbocycles. The van der Waals surface area contributed by atoms with Crippen molar-refractivity contribution in [2.45, 2.75) is 196 Å². The van der Waals surface area contributed by atoms with Crippen molar-refractivity contribution in [3.8, 4) is 0 Å². The van der Waals surface area contributed by atoms with Crippen molar-refractivity contribution >= 4 is 0 Å². The Hall–Kier alpha value is -0.900. The maximum absolute atomic E-state index is 11.9. The molecule has 0 bridgehead atoms. The first-order chi connectivity index (χ1) is 28.5. The van der Waals surface area contributed by atoms with Gasteiger partial charge < -0.3 is 78.7 Å². The smallest absolute Gasteiger partial charge is 0.187 e. The molecule has 4 aliphatic carbocycles. The largest absolute Gasteiger partial charge is 0.394 e. The number of aliphatic hydroxyl groups excluding tert-OH is 8. The van der Waals surface area contributed by atoms with Crippen molar-refractivity contribution in [2.75, 3.05) is 19.8 Å². The van der Waals surface area contributed by atoms with Gasteiger partial charge in [-0.2, -0.15) is 0 Å². The van der Waals surface area contributed by atoms with Crippen LogP contribution in [0.25, 0.3) is 0 Å². The predicted molar refractivity (Wildman–Crippen MR) is 208 cm³/mol. The number of aliphatic hydroxyl groups is 8. The summed E-state index contributed by atoms with van der Waals surface area (Å²) in [6, 6.07) is 0. The van der Waals surface area contributed by atoms with E-state index in [0.29, 0.717) is 48.3 Å². The Morgan fingerprint density at radius 1 is 0.700 bits per heavy atom. The van der Waals surface area contributed by atoms with Gasteiger partial charge in [0.2, 0.25) is 0 Å². The first-order valence-corrected chi connectivity index (χ1v) is 22.8. The maximum atomic E-state index is 11.9. The third kappa shape index (κ3) is 7.10. The second-order valence-electron chi connectivity index (χ2n) is 20.6. The molecule has 0 amide bonds. The molecule has 9 aliphatic rings. The van der Waals surface area contributed by atoms with Crippen LogP contribution in [0.2, 0.25) is 0 Å². The minimum atomic E-state index is -1.70. The maximum Gasteiger partial charge on any atom is 0.187 e. The molecule has 0 aromatic rings. The van der Waals surface area contributed by atoms with E-state index in [-0.39, 0.29) is 23.0 Å². The van der Waals surface area contributed by atoms with Crippen LogP contribution in [0.4, 0.5) is 0 Å². The van der Waals surface area contributed by atoms with Gasteiger partial charge in [-0.1, -0.05) is 39.3 Å². The summed E-state index contributed by atoms with van der Waals surface area (Å²) < 4.78 is 49.9. The number of ether oxygens (including phenoxy) is 8. The molecular formula is C44H70O16. The molecule has 5 aliphatic heterocycles. The average Bonchev–Trinajstić information content (AvgIpc) is 3.79. The van der Waals surface area contributed by atoms with Crippen molar-refractivity contribution in [3.63, 3.8) is 0 Å². The first-order valence-electron chi connectivity index (χ1n) is 22.8. The van der Waals surface area contributed by atoms with Crippen LogP contribution in [0, 0.1) is 46.3 Å². The molecule has 60 heavy (non-hydrogen) atoms. The van der Waals surface area contributed by atoms with Gasteiger partial charge in [0.25, 0.3) is 0 Å². The SMILES string of the molecule is CC1CCC2(OC1)OC1CC3C4CC=C5C[C@@H](O[C@@H]6OC(CO)[C@H](O[C@@H]7O[C@H](CO)[C@H](O)C7O)[C@H](O)C6O[C@@H]6OC(C)[C@H](O)[C@@H](O)C6O)CC[C@]5(C)C4CC[C@]3(C)C1[C@@H]2C. The lowest BCUT2D eigenvalue weighted by Crippen LogP contribution is -2.65. The third-order valence-corrected chi connectivity index (χ3v) is 17.3. The van der Waals surface area contributed by atoms with Crippen molar-refractivity contribution in [2.24, 2.45) is 46.3 Å². The highest BCUT2D eigenvalue weighted by atomic mass is 16.8. The highest BCUT2D eigenvalue weighted by Crippen LogP contribution is 2.70. The monoisotopic (exact) mass is 854 g/mol. The summed E-state index contributed by atoms with van der Waals surface area (Å²) in [5.41, 5.74) is 1.54. The van der Waals surface area contributed by atoms with Crippen molar-refractivity contribution in [3.05, 3.63) is 11.6 Å². The van der Waals surface area contributed by atoms with Crippen LogP contribution >= 0.6 is 0 Å². The number of hydrogen-bond acceptors (Lipinski definition) is 16. The molecule has 342 valence electrons. The molecule has 12 unspecified atom stereocenters. The summed E-state index contributed by atoms with van der Waals surface area (Å²) in [6.07, 6.45) is -8.79. The van der Waals surface area contributed by atoms with Gasteiger partial charge in [-0.15, -0.1) is 0 Å². The summed E-state index contributed by atoms with van der Waals surface area (Å²) >= 11 is 0. The molecule has 0 radical (unpaired) electrons. The van der Waals surface area contributed by atoms with E-state index in [9.17, 15) is 40.9 Å². The molecule has 5 heterocycles. The Balaban J connectivity index is 0.913. The Morgan fingerprint density at radius 2 is 1.40 bits per heavy atom. The Labute approximate surface area is 352 Å². The molecule has 9 rings (SSSR count). The second kappa shape index (κ2) is 16.5. The quantitative estimate of drug-likeness (QED) is 0.158. The molecule has 0 aromatic heterocycles. The second-order valence-corrected chi connectivity index (χ2v) is 20.6. The van der Waals surface area contributed by atoms with Gasteiger partial charge in [0.1, 0.15) is 61.0 Å². The van der Waals surface area contributed by atoms with Gasteiger partial charge in [-0.3, -0.25) is 0 Å². The van der Waals surface area contributed by atoms with E-state index in [1.807, 2.05) is 0 Å². The van der Waals surface area contributed by atoms with Gasteiger partial charge in [-0.25, -0.2) is 0 Å². The number of fused-ring (bicyclic) bond motifs is 7. The summed E-state index contributed by atoms with van der Waals surface area (Å²) in [5.74, 6) is 2.65. The van der Waals surface area contributed by atoms with Crippen LogP contribution in [0.15, 0.2) is 11.6 Å². The van der Waals surface area contributed by atoms with Gasteiger partial charge >= 0.3 is 0 Å². The first kappa shape index (κ1) is 44.3.